The van der Waals surface area contributed by atoms with Crippen LogP contribution < -0.4 is 5.32 Å². The van der Waals surface area contributed by atoms with Gasteiger partial charge in [-0.05, 0) is 26.3 Å². The molecule has 0 aromatic rings. The number of hydrogen-bond donors (Lipinski definition) is 1. The van der Waals surface area contributed by atoms with Crippen molar-refractivity contribution >= 4 is 5.91 Å². The lowest BCUT2D eigenvalue weighted by Gasteiger charge is -2.34. The van der Waals surface area contributed by atoms with Crippen LogP contribution in [0, 0.1) is 0 Å². The molecule has 88 valence electrons. The highest BCUT2D eigenvalue weighted by atomic mass is 16.5. The topological polar surface area (TPSA) is 41.6 Å². The highest BCUT2D eigenvalue weighted by molar-refractivity contribution is 5.81. The number of piperidine rings is 1. The van der Waals surface area contributed by atoms with E-state index < -0.39 is 0 Å². The average Bonchev–Trinajstić information content (AvgIpc) is 2.30. The molecule has 0 saturated carbocycles. The van der Waals surface area contributed by atoms with E-state index in [-0.39, 0.29) is 12.0 Å². The summed E-state index contributed by atoms with van der Waals surface area (Å²) in [6.45, 7) is 3.66. The van der Waals surface area contributed by atoms with Gasteiger partial charge >= 0.3 is 0 Å². The third-order valence-electron chi connectivity index (χ3n) is 3.07. The minimum absolute atomic E-state index is 0.139. The number of ether oxygens (including phenoxy) is 1. The molecule has 1 N–H and O–H groups in total. The summed E-state index contributed by atoms with van der Waals surface area (Å²) in [5, 5.41) is 3.23. The normalized spacial score (nSPS) is 23.9. The highest BCUT2D eigenvalue weighted by Crippen LogP contribution is 2.12. The van der Waals surface area contributed by atoms with Gasteiger partial charge in [-0.1, -0.05) is 6.92 Å². The molecule has 1 rings (SSSR count). The van der Waals surface area contributed by atoms with Crippen molar-refractivity contribution in [2.45, 2.75) is 38.3 Å². The fourth-order valence-electron chi connectivity index (χ4n) is 2.06. The van der Waals surface area contributed by atoms with Gasteiger partial charge in [0.25, 0.3) is 5.91 Å². The zero-order valence-electron chi connectivity index (χ0n) is 9.95. The molecule has 1 saturated heterocycles. The van der Waals surface area contributed by atoms with Gasteiger partial charge in [0.1, 0.15) is 6.10 Å². The standard InChI is InChI=1S/C11H22N2O2/c1-4-10(15-3)11(14)13-7-5-6-9(8-13)12-2/h9-10,12H,4-8H2,1-3H3. The van der Waals surface area contributed by atoms with Crippen molar-refractivity contribution in [3.63, 3.8) is 0 Å². The van der Waals surface area contributed by atoms with Crippen molar-refractivity contribution in [1.29, 1.82) is 0 Å². The van der Waals surface area contributed by atoms with E-state index in [1.165, 1.54) is 0 Å². The fraction of sp³-hybridized carbons (Fsp3) is 0.909. The molecule has 1 aliphatic rings. The zero-order valence-corrected chi connectivity index (χ0v) is 9.95. The molecule has 0 spiro atoms. The summed E-state index contributed by atoms with van der Waals surface area (Å²) in [7, 11) is 3.55. The lowest BCUT2D eigenvalue weighted by molar-refractivity contribution is -0.143. The zero-order chi connectivity index (χ0) is 11.3. The van der Waals surface area contributed by atoms with Crippen LogP contribution in [0.2, 0.25) is 0 Å². The molecule has 1 amide bonds. The second-order valence-corrected chi connectivity index (χ2v) is 4.04. The Morgan fingerprint density at radius 3 is 2.93 bits per heavy atom. The number of hydrogen-bond acceptors (Lipinski definition) is 3. The monoisotopic (exact) mass is 214 g/mol. The maximum atomic E-state index is 12.0. The Morgan fingerprint density at radius 2 is 2.40 bits per heavy atom. The maximum absolute atomic E-state index is 12.0. The van der Waals surface area contributed by atoms with Crippen molar-refractivity contribution in [3.8, 4) is 0 Å². The van der Waals surface area contributed by atoms with E-state index in [0.717, 1.165) is 32.4 Å². The Labute approximate surface area is 92.0 Å². The van der Waals surface area contributed by atoms with Crippen LogP contribution in [0.4, 0.5) is 0 Å². The van der Waals surface area contributed by atoms with Crippen LogP contribution in [0.15, 0.2) is 0 Å². The number of amides is 1. The number of likely N-dealkylation sites (N-methyl/N-ethyl adjacent to an activating group) is 1. The van der Waals surface area contributed by atoms with Crippen LogP contribution in [0.25, 0.3) is 0 Å². The fourth-order valence-corrected chi connectivity index (χ4v) is 2.06. The summed E-state index contributed by atoms with van der Waals surface area (Å²) in [6.07, 6.45) is 2.72. The third kappa shape index (κ3) is 3.18. The van der Waals surface area contributed by atoms with Gasteiger partial charge < -0.3 is 15.0 Å². The molecular weight excluding hydrogens is 192 g/mol. The largest absolute Gasteiger partial charge is 0.372 e. The Balaban J connectivity index is 2.51. The first kappa shape index (κ1) is 12.5. The van der Waals surface area contributed by atoms with E-state index in [4.69, 9.17) is 4.74 Å². The highest BCUT2D eigenvalue weighted by Gasteiger charge is 2.27. The van der Waals surface area contributed by atoms with E-state index in [9.17, 15) is 4.79 Å². The lowest BCUT2D eigenvalue weighted by Crippen LogP contribution is -2.50. The SMILES string of the molecule is CCC(OC)C(=O)N1CCCC(NC)C1. The van der Waals surface area contributed by atoms with Gasteiger partial charge in [0.05, 0.1) is 0 Å². The van der Waals surface area contributed by atoms with Crippen LogP contribution in [0.1, 0.15) is 26.2 Å². The van der Waals surface area contributed by atoms with E-state index >= 15 is 0 Å². The van der Waals surface area contributed by atoms with Gasteiger partial charge in [0.15, 0.2) is 0 Å². The smallest absolute Gasteiger partial charge is 0.251 e. The van der Waals surface area contributed by atoms with Crippen molar-refractivity contribution in [2.24, 2.45) is 0 Å². The minimum Gasteiger partial charge on any atom is -0.372 e. The van der Waals surface area contributed by atoms with E-state index in [2.05, 4.69) is 5.32 Å². The van der Waals surface area contributed by atoms with Gasteiger partial charge in [-0.3, -0.25) is 4.79 Å². The molecular formula is C11H22N2O2. The molecule has 1 heterocycles. The number of nitrogens with zero attached hydrogens (tertiary/aromatic N) is 1. The summed E-state index contributed by atoms with van der Waals surface area (Å²) in [5.41, 5.74) is 0. The maximum Gasteiger partial charge on any atom is 0.251 e. The molecule has 0 aliphatic carbocycles. The quantitative estimate of drug-likeness (QED) is 0.746. The predicted molar refractivity (Wildman–Crippen MR) is 59.7 cm³/mol. The van der Waals surface area contributed by atoms with Crippen LogP contribution in [0.3, 0.4) is 0 Å². The van der Waals surface area contributed by atoms with Crippen LogP contribution in [0.5, 0.6) is 0 Å². The number of rotatable bonds is 4. The van der Waals surface area contributed by atoms with Crippen molar-refractivity contribution < 1.29 is 9.53 Å². The summed E-state index contributed by atoms with van der Waals surface area (Å²) in [5.74, 6) is 0.139. The van der Waals surface area contributed by atoms with E-state index in [1.807, 2.05) is 18.9 Å². The van der Waals surface area contributed by atoms with Crippen molar-refractivity contribution in [3.05, 3.63) is 0 Å². The summed E-state index contributed by atoms with van der Waals surface area (Å²) >= 11 is 0. The predicted octanol–water partition coefficient (Wildman–Crippen LogP) is 0.622. The van der Waals surface area contributed by atoms with Gasteiger partial charge in [0.2, 0.25) is 0 Å². The summed E-state index contributed by atoms with van der Waals surface area (Å²) < 4.78 is 5.17. The molecule has 0 bridgehead atoms. The number of methoxy groups -OCH3 is 1. The lowest BCUT2D eigenvalue weighted by atomic mass is 10.0. The Bertz CT molecular complexity index is 205. The van der Waals surface area contributed by atoms with Gasteiger partial charge in [0, 0.05) is 26.2 Å². The first-order valence-electron chi connectivity index (χ1n) is 5.71. The number of carbonyl (C=O) groups is 1. The second-order valence-electron chi connectivity index (χ2n) is 4.04. The first-order valence-corrected chi connectivity index (χ1v) is 5.71. The third-order valence-corrected chi connectivity index (χ3v) is 3.07. The van der Waals surface area contributed by atoms with Crippen LogP contribution in [-0.2, 0) is 9.53 Å². The van der Waals surface area contributed by atoms with Crippen molar-refractivity contribution in [1.82, 2.24) is 10.2 Å². The average molecular weight is 214 g/mol. The molecule has 1 aliphatic heterocycles. The van der Waals surface area contributed by atoms with Gasteiger partial charge in [-0.25, -0.2) is 0 Å². The molecule has 4 nitrogen and oxygen atoms in total. The van der Waals surface area contributed by atoms with E-state index in [1.54, 1.807) is 7.11 Å². The number of nitrogens with one attached hydrogen (secondary N) is 1. The molecule has 2 atom stereocenters. The summed E-state index contributed by atoms with van der Waals surface area (Å²) in [6, 6.07) is 0.442. The molecule has 0 aromatic carbocycles. The Morgan fingerprint density at radius 1 is 1.67 bits per heavy atom. The van der Waals surface area contributed by atoms with Crippen LogP contribution >= 0.6 is 0 Å². The molecule has 0 aromatic heterocycles. The van der Waals surface area contributed by atoms with E-state index in [0.29, 0.717) is 6.04 Å². The Kier molecular flexibility index (Phi) is 5.05. The number of carbonyl (C=O) groups excluding carboxylic acids is 1. The van der Waals surface area contributed by atoms with Crippen molar-refractivity contribution in [2.75, 3.05) is 27.2 Å². The molecule has 0 radical (unpaired) electrons. The number of likely N-dealkylation sites (tertiary alicyclic amines) is 1. The van der Waals surface area contributed by atoms with Gasteiger partial charge in [-0.15, -0.1) is 0 Å². The Hall–Kier alpha value is -0.610. The second kappa shape index (κ2) is 6.08. The molecule has 4 heteroatoms. The van der Waals surface area contributed by atoms with Gasteiger partial charge in [-0.2, -0.15) is 0 Å². The van der Waals surface area contributed by atoms with Crippen LogP contribution in [-0.4, -0.2) is 50.2 Å². The molecule has 2 unspecified atom stereocenters. The first-order chi connectivity index (χ1) is 7.22. The molecule has 15 heavy (non-hydrogen) atoms. The minimum atomic E-state index is -0.263. The molecule has 1 fully saturated rings. The summed E-state index contributed by atoms with van der Waals surface area (Å²) in [4.78, 5) is 13.9.